The minimum atomic E-state index is -0.298. The van der Waals surface area contributed by atoms with Crippen molar-refractivity contribution in [2.24, 2.45) is 5.92 Å². The predicted octanol–water partition coefficient (Wildman–Crippen LogP) is 1.60. The Balaban J connectivity index is 1.92. The molecule has 6 nitrogen and oxygen atoms in total. The number of carbonyl (C=O) groups excluding carboxylic acids is 3. The van der Waals surface area contributed by atoms with Crippen LogP contribution >= 0.6 is 0 Å². The molecule has 0 unspecified atom stereocenters. The summed E-state index contributed by atoms with van der Waals surface area (Å²) in [4.78, 5) is 35.7. The van der Waals surface area contributed by atoms with Gasteiger partial charge < -0.3 is 16.0 Å². The molecule has 1 fully saturated rings. The van der Waals surface area contributed by atoms with Crippen molar-refractivity contribution in [3.05, 3.63) is 29.3 Å². The molecule has 0 aromatic heterocycles. The van der Waals surface area contributed by atoms with Gasteiger partial charge in [-0.2, -0.15) is 0 Å². The van der Waals surface area contributed by atoms with Crippen LogP contribution in [0.1, 0.15) is 41.6 Å². The molecule has 1 aliphatic carbocycles. The van der Waals surface area contributed by atoms with Gasteiger partial charge in [0, 0.05) is 24.2 Å². The third kappa shape index (κ3) is 4.31. The molecule has 0 radical (unpaired) electrons. The van der Waals surface area contributed by atoms with Gasteiger partial charge in [-0.15, -0.1) is 0 Å². The standard InChI is InChI=1S/C17H23N3O3/c1-11-13(17(23)18-2)8-5-9-14(11)20-15(21)10-19-16(22)12-6-3-4-7-12/h5,8-9,12H,3-4,6-7,10H2,1-2H3,(H,18,23)(H,19,22)(H,20,21). The molecule has 23 heavy (non-hydrogen) atoms. The van der Waals surface area contributed by atoms with Gasteiger partial charge in [0.25, 0.3) is 5.91 Å². The van der Waals surface area contributed by atoms with E-state index in [-0.39, 0.29) is 30.2 Å². The van der Waals surface area contributed by atoms with Gasteiger partial charge in [0.15, 0.2) is 0 Å². The van der Waals surface area contributed by atoms with Crippen LogP contribution in [0.3, 0.4) is 0 Å². The molecule has 2 rings (SSSR count). The van der Waals surface area contributed by atoms with Crippen LogP contribution in [0.2, 0.25) is 0 Å². The Morgan fingerprint density at radius 2 is 1.87 bits per heavy atom. The molecule has 0 heterocycles. The molecule has 3 N–H and O–H groups in total. The summed E-state index contributed by atoms with van der Waals surface area (Å²) in [6, 6.07) is 5.15. The van der Waals surface area contributed by atoms with Crippen LogP contribution in [-0.4, -0.2) is 31.3 Å². The second kappa shape index (κ2) is 7.76. The summed E-state index contributed by atoms with van der Waals surface area (Å²) in [6.07, 6.45) is 3.97. The molecule has 3 amide bonds. The van der Waals surface area contributed by atoms with Crippen LogP contribution in [0.4, 0.5) is 5.69 Å². The number of hydrogen-bond donors (Lipinski definition) is 3. The van der Waals surface area contributed by atoms with Crippen LogP contribution in [0.5, 0.6) is 0 Å². The molecule has 124 valence electrons. The topological polar surface area (TPSA) is 87.3 Å². The van der Waals surface area contributed by atoms with Crippen LogP contribution < -0.4 is 16.0 Å². The molecule has 0 aliphatic heterocycles. The number of benzene rings is 1. The van der Waals surface area contributed by atoms with E-state index in [1.807, 2.05) is 0 Å². The third-order valence-electron chi connectivity index (χ3n) is 4.23. The van der Waals surface area contributed by atoms with Gasteiger partial charge in [0.05, 0.1) is 6.54 Å². The lowest BCUT2D eigenvalue weighted by Gasteiger charge is -2.13. The Morgan fingerprint density at radius 1 is 1.17 bits per heavy atom. The second-order valence-electron chi connectivity index (χ2n) is 5.80. The molecule has 1 aliphatic rings. The highest BCUT2D eigenvalue weighted by atomic mass is 16.2. The van der Waals surface area contributed by atoms with Crippen LogP contribution in [-0.2, 0) is 9.59 Å². The Labute approximate surface area is 136 Å². The average molecular weight is 317 g/mol. The monoisotopic (exact) mass is 317 g/mol. The fourth-order valence-corrected chi connectivity index (χ4v) is 2.85. The molecular formula is C17H23N3O3. The number of nitrogens with one attached hydrogen (secondary N) is 3. The van der Waals surface area contributed by atoms with Crippen LogP contribution in [0, 0.1) is 12.8 Å². The maximum atomic E-state index is 12.0. The fourth-order valence-electron chi connectivity index (χ4n) is 2.85. The van der Waals surface area contributed by atoms with E-state index >= 15 is 0 Å². The SMILES string of the molecule is CNC(=O)c1cccc(NC(=O)CNC(=O)C2CCCC2)c1C. The Kier molecular flexibility index (Phi) is 5.73. The molecule has 1 aromatic carbocycles. The first-order chi connectivity index (χ1) is 11.0. The summed E-state index contributed by atoms with van der Waals surface area (Å²) < 4.78 is 0. The number of amides is 3. The summed E-state index contributed by atoms with van der Waals surface area (Å²) in [7, 11) is 1.56. The van der Waals surface area contributed by atoms with Crippen molar-refractivity contribution in [2.75, 3.05) is 18.9 Å². The van der Waals surface area contributed by atoms with Crippen molar-refractivity contribution >= 4 is 23.4 Å². The van der Waals surface area contributed by atoms with Crippen LogP contribution in [0.25, 0.3) is 0 Å². The van der Waals surface area contributed by atoms with Crippen molar-refractivity contribution in [3.63, 3.8) is 0 Å². The van der Waals surface area contributed by atoms with Crippen molar-refractivity contribution in [3.8, 4) is 0 Å². The maximum Gasteiger partial charge on any atom is 0.251 e. The van der Waals surface area contributed by atoms with Gasteiger partial charge in [-0.1, -0.05) is 18.9 Å². The van der Waals surface area contributed by atoms with E-state index in [9.17, 15) is 14.4 Å². The van der Waals surface area contributed by atoms with Crippen molar-refractivity contribution in [1.29, 1.82) is 0 Å². The Hall–Kier alpha value is -2.37. The number of rotatable bonds is 5. The predicted molar refractivity (Wildman–Crippen MR) is 88.2 cm³/mol. The fraction of sp³-hybridized carbons (Fsp3) is 0.471. The highest BCUT2D eigenvalue weighted by Gasteiger charge is 2.22. The Morgan fingerprint density at radius 3 is 2.52 bits per heavy atom. The zero-order valence-corrected chi connectivity index (χ0v) is 13.6. The van der Waals surface area contributed by atoms with E-state index in [4.69, 9.17) is 0 Å². The van der Waals surface area contributed by atoms with E-state index in [0.29, 0.717) is 16.8 Å². The first-order valence-electron chi connectivity index (χ1n) is 7.92. The van der Waals surface area contributed by atoms with Gasteiger partial charge in [-0.3, -0.25) is 14.4 Å². The molecule has 6 heteroatoms. The lowest BCUT2D eigenvalue weighted by atomic mass is 10.1. The van der Waals surface area contributed by atoms with Crippen molar-refractivity contribution in [2.45, 2.75) is 32.6 Å². The molecular weight excluding hydrogens is 294 g/mol. The summed E-state index contributed by atoms with van der Waals surface area (Å²) in [6.45, 7) is 1.72. The van der Waals surface area contributed by atoms with Crippen molar-refractivity contribution in [1.82, 2.24) is 10.6 Å². The molecule has 0 bridgehead atoms. The lowest BCUT2D eigenvalue weighted by Crippen LogP contribution is -2.36. The number of hydrogen-bond acceptors (Lipinski definition) is 3. The number of carbonyl (C=O) groups is 3. The molecule has 0 atom stereocenters. The van der Waals surface area contributed by atoms with Gasteiger partial charge in [0.2, 0.25) is 11.8 Å². The third-order valence-corrected chi connectivity index (χ3v) is 4.23. The molecule has 1 aromatic rings. The second-order valence-corrected chi connectivity index (χ2v) is 5.80. The molecule has 1 saturated carbocycles. The zero-order valence-electron chi connectivity index (χ0n) is 13.6. The van der Waals surface area contributed by atoms with E-state index in [1.54, 1.807) is 32.2 Å². The highest BCUT2D eigenvalue weighted by Crippen LogP contribution is 2.24. The highest BCUT2D eigenvalue weighted by molar-refractivity contribution is 6.00. The molecule has 0 saturated heterocycles. The summed E-state index contributed by atoms with van der Waals surface area (Å²) >= 11 is 0. The van der Waals surface area contributed by atoms with Crippen molar-refractivity contribution < 1.29 is 14.4 Å². The maximum absolute atomic E-state index is 12.0. The zero-order chi connectivity index (χ0) is 16.8. The van der Waals surface area contributed by atoms with E-state index < -0.39 is 0 Å². The summed E-state index contributed by atoms with van der Waals surface area (Å²) in [5.74, 6) is -0.503. The first kappa shape index (κ1) is 17.0. The normalized spacial score (nSPS) is 14.3. The Bertz CT molecular complexity index is 607. The minimum Gasteiger partial charge on any atom is -0.355 e. The average Bonchev–Trinajstić information content (AvgIpc) is 3.08. The lowest BCUT2D eigenvalue weighted by molar-refractivity contribution is -0.127. The van der Waals surface area contributed by atoms with Gasteiger partial charge in [0.1, 0.15) is 0 Å². The summed E-state index contributed by atoms with van der Waals surface area (Å²) in [5.41, 5.74) is 1.79. The number of anilines is 1. The van der Waals surface area contributed by atoms with Crippen LogP contribution in [0.15, 0.2) is 18.2 Å². The quantitative estimate of drug-likeness (QED) is 0.771. The van der Waals surface area contributed by atoms with E-state index in [0.717, 1.165) is 25.7 Å². The van der Waals surface area contributed by atoms with E-state index in [2.05, 4.69) is 16.0 Å². The van der Waals surface area contributed by atoms with E-state index in [1.165, 1.54) is 0 Å². The summed E-state index contributed by atoms with van der Waals surface area (Å²) in [5, 5.41) is 7.99. The molecule has 0 spiro atoms. The van der Waals surface area contributed by atoms with Gasteiger partial charge in [-0.05, 0) is 37.5 Å². The first-order valence-corrected chi connectivity index (χ1v) is 7.92. The minimum absolute atomic E-state index is 0.0427. The van der Waals surface area contributed by atoms with Gasteiger partial charge >= 0.3 is 0 Å². The smallest absolute Gasteiger partial charge is 0.251 e. The largest absolute Gasteiger partial charge is 0.355 e. The van der Waals surface area contributed by atoms with Gasteiger partial charge in [-0.25, -0.2) is 0 Å².